The molecule has 2 rings (SSSR count). The van der Waals surface area contributed by atoms with E-state index in [4.69, 9.17) is 0 Å². The molecule has 0 saturated heterocycles. The van der Waals surface area contributed by atoms with Gasteiger partial charge in [0.1, 0.15) is 12.1 Å². The van der Waals surface area contributed by atoms with Crippen LogP contribution in [-0.4, -0.2) is 31.7 Å². The normalized spacial score (nSPS) is 13.4. The van der Waals surface area contributed by atoms with E-state index >= 15 is 0 Å². The first-order valence-electron chi connectivity index (χ1n) is 7.42. The Morgan fingerprint density at radius 3 is 2.74 bits per heavy atom. The van der Waals surface area contributed by atoms with Crippen LogP contribution >= 0.6 is 0 Å². The molecule has 0 aliphatic carbocycles. The largest absolute Gasteiger partial charge is 0.336 e. The summed E-state index contributed by atoms with van der Waals surface area (Å²) in [5, 5.41) is 24.1. The smallest absolute Gasteiger partial charge is 0.244 e. The van der Waals surface area contributed by atoms with Gasteiger partial charge in [0.25, 0.3) is 0 Å². The van der Waals surface area contributed by atoms with Gasteiger partial charge in [0.2, 0.25) is 11.7 Å². The van der Waals surface area contributed by atoms with Crippen molar-refractivity contribution in [3.8, 4) is 17.5 Å². The van der Waals surface area contributed by atoms with Crippen LogP contribution in [-0.2, 0) is 11.3 Å². The van der Waals surface area contributed by atoms with Gasteiger partial charge in [0, 0.05) is 5.56 Å². The molecule has 1 aromatic heterocycles. The van der Waals surface area contributed by atoms with E-state index in [0.29, 0.717) is 5.82 Å². The molecular formula is C16H20N6O. The number of nitrogens with one attached hydrogen (secondary N) is 1. The fourth-order valence-corrected chi connectivity index (χ4v) is 2.00. The van der Waals surface area contributed by atoms with Gasteiger partial charge in [-0.1, -0.05) is 38.1 Å². The van der Waals surface area contributed by atoms with E-state index in [1.54, 1.807) is 6.92 Å². The number of hydrogen-bond acceptors (Lipinski definition) is 5. The molecule has 0 aliphatic heterocycles. The first-order valence-corrected chi connectivity index (χ1v) is 7.42. The molecule has 1 aromatic carbocycles. The maximum absolute atomic E-state index is 12.1. The van der Waals surface area contributed by atoms with Crippen molar-refractivity contribution >= 4 is 5.91 Å². The Morgan fingerprint density at radius 2 is 2.13 bits per heavy atom. The molecule has 120 valence electrons. The van der Waals surface area contributed by atoms with Crippen molar-refractivity contribution in [2.24, 2.45) is 5.92 Å². The molecule has 0 saturated carbocycles. The van der Waals surface area contributed by atoms with Crippen LogP contribution in [0, 0.1) is 24.2 Å². The molecule has 1 atom stereocenters. The average molecular weight is 312 g/mol. The lowest BCUT2D eigenvalue weighted by molar-refractivity contribution is -0.123. The summed E-state index contributed by atoms with van der Waals surface area (Å²) < 4.78 is 0. The van der Waals surface area contributed by atoms with E-state index in [9.17, 15) is 10.1 Å². The van der Waals surface area contributed by atoms with Gasteiger partial charge >= 0.3 is 0 Å². The summed E-state index contributed by atoms with van der Waals surface area (Å²) in [6, 6.07) is 9.84. The Balaban J connectivity index is 2.10. The molecular weight excluding hydrogens is 292 g/mol. The van der Waals surface area contributed by atoms with Gasteiger partial charge in [-0.2, -0.15) is 10.1 Å². The van der Waals surface area contributed by atoms with Crippen LogP contribution < -0.4 is 5.32 Å². The van der Waals surface area contributed by atoms with E-state index in [1.165, 1.54) is 4.80 Å². The third kappa shape index (κ3) is 3.72. The molecule has 7 heteroatoms. The lowest BCUT2D eigenvalue weighted by atomic mass is 9.90. The Bertz CT molecular complexity index is 745. The summed E-state index contributed by atoms with van der Waals surface area (Å²) in [6.45, 7) is 7.34. The predicted molar refractivity (Wildman–Crippen MR) is 85.0 cm³/mol. The first-order chi connectivity index (χ1) is 10.9. The second-order valence-corrected chi connectivity index (χ2v) is 5.98. The highest BCUT2D eigenvalue weighted by Gasteiger charge is 2.30. The number of aryl methyl sites for hydroxylation is 1. The monoisotopic (exact) mass is 312 g/mol. The molecule has 0 aliphatic rings. The van der Waals surface area contributed by atoms with E-state index in [2.05, 4.69) is 26.8 Å². The fourth-order valence-electron chi connectivity index (χ4n) is 2.00. The minimum Gasteiger partial charge on any atom is -0.336 e. The number of rotatable bonds is 5. The second-order valence-electron chi connectivity index (χ2n) is 5.98. The zero-order valence-electron chi connectivity index (χ0n) is 13.7. The maximum Gasteiger partial charge on any atom is 0.244 e. The van der Waals surface area contributed by atoms with E-state index in [0.717, 1.165) is 11.1 Å². The Morgan fingerprint density at radius 1 is 1.43 bits per heavy atom. The van der Waals surface area contributed by atoms with Crippen LogP contribution in [0.2, 0.25) is 0 Å². The minimum atomic E-state index is -0.920. The van der Waals surface area contributed by atoms with Crippen LogP contribution in [0.15, 0.2) is 24.3 Å². The number of amides is 1. The van der Waals surface area contributed by atoms with E-state index in [-0.39, 0.29) is 18.4 Å². The average Bonchev–Trinajstić information content (AvgIpc) is 2.95. The Labute approximate surface area is 135 Å². The third-order valence-corrected chi connectivity index (χ3v) is 3.91. The molecule has 0 spiro atoms. The minimum absolute atomic E-state index is 0.0114. The highest BCUT2D eigenvalue weighted by Crippen LogP contribution is 2.18. The number of hydrogen-bond donors (Lipinski definition) is 1. The molecule has 0 radical (unpaired) electrons. The molecule has 7 nitrogen and oxygen atoms in total. The van der Waals surface area contributed by atoms with Crippen LogP contribution in [0.4, 0.5) is 0 Å². The molecule has 2 aromatic rings. The van der Waals surface area contributed by atoms with Gasteiger partial charge in [-0.25, -0.2) is 0 Å². The topological polar surface area (TPSA) is 96.5 Å². The Hall–Kier alpha value is -2.75. The molecule has 1 N–H and O–H groups in total. The zero-order valence-corrected chi connectivity index (χ0v) is 13.7. The number of nitrogens with zero attached hydrogens (tertiary/aromatic N) is 5. The molecule has 1 amide bonds. The van der Waals surface area contributed by atoms with Crippen molar-refractivity contribution in [2.45, 2.75) is 39.8 Å². The summed E-state index contributed by atoms with van der Waals surface area (Å²) in [7, 11) is 0. The molecule has 0 bridgehead atoms. The standard InChI is InChI=1S/C16H20N6O/c1-11(2)16(4,10-17)18-14(23)9-22-20-15(19-21-22)13-8-6-5-7-12(13)3/h5-8,11H,9H2,1-4H3,(H,18,23)/t16-/m1/s1. The predicted octanol–water partition coefficient (Wildman–Crippen LogP) is 1.70. The van der Waals surface area contributed by atoms with Crippen molar-refractivity contribution in [1.29, 1.82) is 5.26 Å². The van der Waals surface area contributed by atoms with Gasteiger partial charge in [0.15, 0.2) is 0 Å². The number of tetrazole rings is 1. The van der Waals surface area contributed by atoms with Crippen LogP contribution in [0.25, 0.3) is 11.4 Å². The lowest BCUT2D eigenvalue weighted by Gasteiger charge is -2.27. The lowest BCUT2D eigenvalue weighted by Crippen LogP contribution is -2.50. The molecule has 1 heterocycles. The fraction of sp³-hybridized carbons (Fsp3) is 0.438. The van der Waals surface area contributed by atoms with Crippen molar-refractivity contribution in [3.05, 3.63) is 29.8 Å². The summed E-state index contributed by atoms with van der Waals surface area (Å²) in [6.07, 6.45) is 0. The number of carbonyl (C=O) groups excluding carboxylic acids is 1. The molecule has 0 fully saturated rings. The van der Waals surface area contributed by atoms with Gasteiger partial charge < -0.3 is 5.32 Å². The van der Waals surface area contributed by atoms with Gasteiger partial charge in [-0.3, -0.25) is 4.79 Å². The highest BCUT2D eigenvalue weighted by molar-refractivity contribution is 5.77. The SMILES string of the molecule is Cc1ccccc1-c1nnn(CC(=O)N[C@](C)(C#N)C(C)C)n1. The maximum atomic E-state index is 12.1. The van der Waals surface area contributed by atoms with Crippen molar-refractivity contribution < 1.29 is 4.79 Å². The van der Waals surface area contributed by atoms with Gasteiger partial charge in [-0.05, 0) is 30.5 Å². The number of benzene rings is 1. The van der Waals surface area contributed by atoms with Crippen LogP contribution in [0.3, 0.4) is 0 Å². The summed E-state index contributed by atoms with van der Waals surface area (Å²) in [4.78, 5) is 13.3. The quantitative estimate of drug-likeness (QED) is 0.906. The van der Waals surface area contributed by atoms with Crippen molar-refractivity contribution in [2.75, 3.05) is 0 Å². The molecule has 23 heavy (non-hydrogen) atoms. The highest BCUT2D eigenvalue weighted by atomic mass is 16.2. The van der Waals surface area contributed by atoms with Crippen LogP contribution in [0.1, 0.15) is 26.3 Å². The van der Waals surface area contributed by atoms with E-state index in [1.807, 2.05) is 45.0 Å². The summed E-state index contributed by atoms with van der Waals surface area (Å²) in [5.74, 6) is 0.141. The summed E-state index contributed by atoms with van der Waals surface area (Å²) in [5.41, 5.74) is 0.993. The zero-order chi connectivity index (χ0) is 17.0. The van der Waals surface area contributed by atoms with E-state index < -0.39 is 5.54 Å². The first kappa shape index (κ1) is 16.6. The Kier molecular flexibility index (Phi) is 4.74. The number of nitriles is 1. The molecule has 0 unspecified atom stereocenters. The number of aromatic nitrogens is 4. The van der Waals surface area contributed by atoms with Crippen molar-refractivity contribution in [1.82, 2.24) is 25.5 Å². The van der Waals surface area contributed by atoms with Gasteiger partial charge in [0.05, 0.1) is 6.07 Å². The summed E-state index contributed by atoms with van der Waals surface area (Å²) >= 11 is 0. The van der Waals surface area contributed by atoms with Gasteiger partial charge in [-0.15, -0.1) is 10.2 Å². The van der Waals surface area contributed by atoms with Crippen molar-refractivity contribution in [3.63, 3.8) is 0 Å². The second kappa shape index (κ2) is 6.57. The van der Waals surface area contributed by atoms with Crippen LogP contribution in [0.5, 0.6) is 0 Å². The number of carbonyl (C=O) groups is 1. The third-order valence-electron chi connectivity index (χ3n) is 3.91.